The van der Waals surface area contributed by atoms with Gasteiger partial charge in [0.1, 0.15) is 5.75 Å². The highest BCUT2D eigenvalue weighted by molar-refractivity contribution is 5.89. The summed E-state index contributed by atoms with van der Waals surface area (Å²) in [5.41, 5.74) is 0.543. The highest BCUT2D eigenvalue weighted by Gasteiger charge is 2.09. The first kappa shape index (κ1) is 16.8. The van der Waals surface area contributed by atoms with Gasteiger partial charge >= 0.3 is 12.0 Å². The highest BCUT2D eigenvalue weighted by atomic mass is 16.5. The number of carboxylic acid groups (broad SMARTS) is 1. The van der Waals surface area contributed by atoms with E-state index in [1.807, 2.05) is 0 Å². The number of urea groups is 1. The number of nitrogens with one attached hydrogen (secondary N) is 1. The van der Waals surface area contributed by atoms with E-state index in [-0.39, 0.29) is 6.03 Å². The van der Waals surface area contributed by atoms with Gasteiger partial charge in [-0.1, -0.05) is 6.07 Å². The normalized spacial score (nSPS) is 10.0. The van der Waals surface area contributed by atoms with Crippen molar-refractivity contribution in [1.29, 1.82) is 0 Å². The molecule has 7 nitrogen and oxygen atoms in total. The number of benzene rings is 1. The molecule has 2 N–H and O–H groups in total. The van der Waals surface area contributed by atoms with Crippen molar-refractivity contribution in [3.8, 4) is 5.75 Å². The summed E-state index contributed by atoms with van der Waals surface area (Å²) >= 11 is 0. The SMILES string of the molecule is COCCCN(C)C(=O)Nc1cccc(OCC(=O)O)c1. The molecule has 0 atom stereocenters. The van der Waals surface area contributed by atoms with Crippen LogP contribution in [0.2, 0.25) is 0 Å². The Hall–Kier alpha value is -2.28. The van der Waals surface area contributed by atoms with E-state index >= 15 is 0 Å². The average molecular weight is 296 g/mol. The van der Waals surface area contributed by atoms with E-state index in [0.29, 0.717) is 24.6 Å². The molecule has 1 rings (SSSR count). The minimum Gasteiger partial charge on any atom is -0.482 e. The van der Waals surface area contributed by atoms with Gasteiger partial charge in [-0.05, 0) is 18.6 Å². The van der Waals surface area contributed by atoms with Crippen molar-refractivity contribution in [2.45, 2.75) is 6.42 Å². The minimum absolute atomic E-state index is 0.249. The molecule has 0 saturated heterocycles. The van der Waals surface area contributed by atoms with E-state index in [0.717, 1.165) is 6.42 Å². The van der Waals surface area contributed by atoms with Crippen LogP contribution in [0.3, 0.4) is 0 Å². The van der Waals surface area contributed by atoms with Crippen LogP contribution in [0.4, 0.5) is 10.5 Å². The van der Waals surface area contributed by atoms with Crippen molar-refractivity contribution in [2.75, 3.05) is 39.2 Å². The number of aliphatic carboxylic acids is 1. The summed E-state index contributed by atoms with van der Waals surface area (Å²) in [6.07, 6.45) is 0.752. The lowest BCUT2D eigenvalue weighted by molar-refractivity contribution is -0.139. The molecule has 1 aromatic carbocycles. The molecule has 7 heteroatoms. The summed E-state index contributed by atoms with van der Waals surface area (Å²) in [5, 5.41) is 11.3. The van der Waals surface area contributed by atoms with Gasteiger partial charge in [-0.3, -0.25) is 0 Å². The second kappa shape index (κ2) is 8.80. The first-order valence-electron chi connectivity index (χ1n) is 6.48. The molecule has 0 heterocycles. The number of amides is 2. The average Bonchev–Trinajstić information content (AvgIpc) is 2.45. The van der Waals surface area contributed by atoms with Gasteiger partial charge in [0.05, 0.1) is 0 Å². The number of hydrogen-bond acceptors (Lipinski definition) is 4. The number of ether oxygens (including phenoxy) is 2. The third-order valence-electron chi connectivity index (χ3n) is 2.64. The Balaban J connectivity index is 2.51. The van der Waals surface area contributed by atoms with Crippen LogP contribution >= 0.6 is 0 Å². The number of rotatable bonds is 8. The quantitative estimate of drug-likeness (QED) is 0.712. The van der Waals surface area contributed by atoms with Gasteiger partial charge in [-0.15, -0.1) is 0 Å². The Kier molecular flexibility index (Phi) is 7.03. The van der Waals surface area contributed by atoms with Gasteiger partial charge in [0.2, 0.25) is 0 Å². The van der Waals surface area contributed by atoms with Crippen LogP contribution in [0.1, 0.15) is 6.42 Å². The third kappa shape index (κ3) is 6.62. The molecular formula is C14H20N2O5. The molecule has 2 amide bonds. The molecule has 0 spiro atoms. The summed E-state index contributed by atoms with van der Waals surface area (Å²) < 4.78 is 9.98. The molecule has 0 bridgehead atoms. The standard InChI is InChI=1S/C14H20N2O5/c1-16(7-4-8-20-2)14(19)15-11-5-3-6-12(9-11)21-10-13(17)18/h3,5-6,9H,4,7-8,10H2,1-2H3,(H,15,19)(H,17,18). The first-order valence-corrected chi connectivity index (χ1v) is 6.48. The van der Waals surface area contributed by atoms with Crippen LogP contribution in [0.5, 0.6) is 5.75 Å². The van der Waals surface area contributed by atoms with Crippen molar-refractivity contribution in [3.63, 3.8) is 0 Å². The lowest BCUT2D eigenvalue weighted by Crippen LogP contribution is -2.32. The number of carbonyl (C=O) groups excluding carboxylic acids is 1. The maximum absolute atomic E-state index is 11.9. The van der Waals surface area contributed by atoms with Gasteiger partial charge in [-0.25, -0.2) is 9.59 Å². The fourth-order valence-electron chi connectivity index (χ4n) is 1.58. The Morgan fingerprint density at radius 1 is 1.38 bits per heavy atom. The van der Waals surface area contributed by atoms with Crippen molar-refractivity contribution in [2.24, 2.45) is 0 Å². The second-order valence-electron chi connectivity index (χ2n) is 4.41. The Labute approximate surface area is 123 Å². The van der Waals surface area contributed by atoms with Gasteiger partial charge in [0.15, 0.2) is 6.61 Å². The van der Waals surface area contributed by atoms with Crippen LogP contribution < -0.4 is 10.1 Å². The number of anilines is 1. The van der Waals surface area contributed by atoms with Gasteiger partial charge in [0, 0.05) is 39.1 Å². The van der Waals surface area contributed by atoms with Crippen LogP contribution in [-0.2, 0) is 9.53 Å². The molecule has 21 heavy (non-hydrogen) atoms. The predicted molar refractivity (Wildman–Crippen MR) is 77.7 cm³/mol. The Morgan fingerprint density at radius 3 is 2.81 bits per heavy atom. The van der Waals surface area contributed by atoms with Crippen molar-refractivity contribution < 1.29 is 24.2 Å². The molecule has 0 aliphatic heterocycles. The van der Waals surface area contributed by atoms with Gasteiger partial charge in [-0.2, -0.15) is 0 Å². The maximum atomic E-state index is 11.9. The smallest absolute Gasteiger partial charge is 0.341 e. The molecular weight excluding hydrogens is 276 g/mol. The molecule has 0 aliphatic rings. The molecule has 116 valence electrons. The van der Waals surface area contributed by atoms with Crippen LogP contribution in [0.15, 0.2) is 24.3 Å². The summed E-state index contributed by atoms with van der Waals surface area (Å²) in [4.78, 5) is 23.9. The maximum Gasteiger partial charge on any atom is 0.341 e. The fourth-order valence-corrected chi connectivity index (χ4v) is 1.58. The minimum atomic E-state index is -1.05. The number of nitrogens with zero attached hydrogens (tertiary/aromatic N) is 1. The highest BCUT2D eigenvalue weighted by Crippen LogP contribution is 2.17. The molecule has 0 aromatic heterocycles. The van der Waals surface area contributed by atoms with Crippen LogP contribution in [-0.4, -0.2) is 55.9 Å². The zero-order chi connectivity index (χ0) is 15.7. The van der Waals surface area contributed by atoms with Crippen LogP contribution in [0, 0.1) is 0 Å². The number of hydrogen-bond donors (Lipinski definition) is 2. The summed E-state index contributed by atoms with van der Waals surface area (Å²) in [6.45, 7) is 0.749. The van der Waals surface area contributed by atoms with Crippen molar-refractivity contribution >= 4 is 17.7 Å². The largest absolute Gasteiger partial charge is 0.482 e. The molecule has 1 aromatic rings. The van der Waals surface area contributed by atoms with Gasteiger partial charge < -0.3 is 24.8 Å². The lowest BCUT2D eigenvalue weighted by atomic mass is 10.3. The van der Waals surface area contributed by atoms with Crippen LogP contribution in [0.25, 0.3) is 0 Å². The summed E-state index contributed by atoms with van der Waals surface area (Å²) in [5.74, 6) is -0.667. The van der Waals surface area contributed by atoms with E-state index in [9.17, 15) is 9.59 Å². The van der Waals surface area contributed by atoms with Crippen molar-refractivity contribution in [1.82, 2.24) is 4.90 Å². The molecule has 0 aliphatic carbocycles. The monoisotopic (exact) mass is 296 g/mol. The van der Waals surface area contributed by atoms with E-state index < -0.39 is 12.6 Å². The predicted octanol–water partition coefficient (Wildman–Crippen LogP) is 1.65. The van der Waals surface area contributed by atoms with E-state index in [4.69, 9.17) is 14.6 Å². The summed E-state index contributed by atoms with van der Waals surface area (Å²) in [6, 6.07) is 6.33. The van der Waals surface area contributed by atoms with Crippen molar-refractivity contribution in [3.05, 3.63) is 24.3 Å². The number of methoxy groups -OCH3 is 1. The Morgan fingerprint density at radius 2 is 2.14 bits per heavy atom. The van der Waals surface area contributed by atoms with Gasteiger partial charge in [0.25, 0.3) is 0 Å². The third-order valence-corrected chi connectivity index (χ3v) is 2.64. The molecule has 0 radical (unpaired) electrons. The van der Waals surface area contributed by atoms with E-state index in [1.165, 1.54) is 0 Å². The lowest BCUT2D eigenvalue weighted by Gasteiger charge is -2.18. The number of carbonyl (C=O) groups is 2. The molecule has 0 saturated carbocycles. The zero-order valence-corrected chi connectivity index (χ0v) is 12.2. The molecule has 0 fully saturated rings. The topological polar surface area (TPSA) is 88.1 Å². The van der Waals surface area contributed by atoms with E-state index in [2.05, 4.69) is 5.32 Å². The first-order chi connectivity index (χ1) is 10.0. The molecule has 0 unspecified atom stereocenters. The number of carboxylic acids is 1. The van der Waals surface area contributed by atoms with E-state index in [1.54, 1.807) is 43.3 Å². The Bertz CT molecular complexity index is 478. The zero-order valence-electron chi connectivity index (χ0n) is 12.2. The second-order valence-corrected chi connectivity index (χ2v) is 4.41. The summed E-state index contributed by atoms with van der Waals surface area (Å²) in [7, 11) is 3.30. The fraction of sp³-hybridized carbons (Fsp3) is 0.429.